The molecule has 0 bridgehead atoms. The van der Waals surface area contributed by atoms with Crippen LogP contribution in [0.15, 0.2) is 23.3 Å². The maximum atomic E-state index is 15.2. The second-order valence-corrected chi connectivity index (χ2v) is 7.00. The van der Waals surface area contributed by atoms with Gasteiger partial charge in [-0.25, -0.2) is 14.4 Å². The van der Waals surface area contributed by atoms with Crippen molar-refractivity contribution in [3.05, 3.63) is 40.8 Å². The van der Waals surface area contributed by atoms with Crippen molar-refractivity contribution in [3.8, 4) is 11.1 Å². The van der Waals surface area contributed by atoms with Crippen molar-refractivity contribution in [1.82, 2.24) is 9.88 Å². The van der Waals surface area contributed by atoms with E-state index in [4.69, 9.17) is 5.73 Å². The van der Waals surface area contributed by atoms with Crippen molar-refractivity contribution in [2.75, 3.05) is 19.8 Å². The van der Waals surface area contributed by atoms with Crippen LogP contribution in [0, 0.1) is 12.7 Å². The minimum Gasteiger partial charge on any atom is -0.398 e. The van der Waals surface area contributed by atoms with Gasteiger partial charge < -0.3 is 10.6 Å². The number of nitrogens with zero attached hydrogens (tertiary/aromatic N) is 3. The predicted octanol–water partition coefficient (Wildman–Crippen LogP) is 3.23. The van der Waals surface area contributed by atoms with Gasteiger partial charge in [-0.3, -0.25) is 4.79 Å². The van der Waals surface area contributed by atoms with Crippen molar-refractivity contribution in [2.24, 2.45) is 4.99 Å². The lowest BCUT2D eigenvalue weighted by molar-refractivity contribution is 0.0824. The normalized spacial score (nSPS) is 16.2. The number of pyridine rings is 1. The van der Waals surface area contributed by atoms with E-state index in [0.29, 0.717) is 11.1 Å². The molecule has 2 aliphatic rings. The predicted molar refractivity (Wildman–Crippen MR) is 95.9 cm³/mol. The van der Waals surface area contributed by atoms with Gasteiger partial charge in [-0.15, -0.1) is 0 Å². The molecule has 0 atom stereocenters. The molecule has 1 aliphatic heterocycles. The molecule has 1 saturated carbocycles. The summed E-state index contributed by atoms with van der Waals surface area (Å²) in [5.74, 6) is -0.336. The van der Waals surface area contributed by atoms with Gasteiger partial charge in [-0.05, 0) is 37.5 Å². The number of hydrogen-bond donors (Lipinski definition) is 1. The SMILES string of the molecule is Cc1c(-c2ccc(N)c(C(=O)N(C)C)c2F)cnc2c1C1(C=N2)CC1. The van der Waals surface area contributed by atoms with E-state index in [1.54, 1.807) is 32.4 Å². The highest BCUT2D eigenvalue weighted by Crippen LogP contribution is 2.55. The third-order valence-electron chi connectivity index (χ3n) is 5.12. The molecule has 1 aromatic carbocycles. The summed E-state index contributed by atoms with van der Waals surface area (Å²) in [7, 11) is 3.15. The number of carbonyl (C=O) groups is 1. The number of hydrogen-bond acceptors (Lipinski definition) is 4. The topological polar surface area (TPSA) is 71.6 Å². The Morgan fingerprint density at radius 1 is 1.28 bits per heavy atom. The average Bonchev–Trinajstić information content (AvgIpc) is 3.24. The molecule has 1 aliphatic carbocycles. The minimum absolute atomic E-state index is 0.0189. The molecule has 0 saturated heterocycles. The standard InChI is InChI=1S/C19H19FN4O/c1-10-12(8-22-17-15(10)19(6-7-19)9-23-17)11-4-5-13(21)14(16(11)20)18(25)24(2)3/h4-5,8-9H,6-7,21H2,1-3H3. The average molecular weight is 338 g/mol. The van der Waals surface area contributed by atoms with E-state index < -0.39 is 11.7 Å². The summed E-state index contributed by atoms with van der Waals surface area (Å²) in [6.07, 6.45) is 5.68. The van der Waals surface area contributed by atoms with Gasteiger partial charge in [-0.1, -0.05) is 0 Å². The van der Waals surface area contributed by atoms with E-state index in [-0.39, 0.29) is 16.7 Å². The quantitative estimate of drug-likeness (QED) is 0.855. The number of rotatable bonds is 2. The molecular formula is C19H19FN4O. The molecule has 2 heterocycles. The summed E-state index contributed by atoms with van der Waals surface area (Å²) in [5.41, 5.74) is 8.96. The van der Waals surface area contributed by atoms with Crippen LogP contribution >= 0.6 is 0 Å². The summed E-state index contributed by atoms with van der Waals surface area (Å²) in [6, 6.07) is 3.19. The lowest BCUT2D eigenvalue weighted by Gasteiger charge is -2.18. The molecule has 2 aromatic rings. The van der Waals surface area contributed by atoms with Crippen LogP contribution in [0.25, 0.3) is 11.1 Å². The molecule has 5 nitrogen and oxygen atoms in total. The third kappa shape index (κ3) is 2.17. The Kier molecular flexibility index (Phi) is 3.22. The van der Waals surface area contributed by atoms with E-state index in [2.05, 4.69) is 9.98 Å². The lowest BCUT2D eigenvalue weighted by atomic mass is 9.90. The van der Waals surface area contributed by atoms with Crippen LogP contribution in [0.5, 0.6) is 0 Å². The van der Waals surface area contributed by atoms with Crippen LogP contribution in [0.3, 0.4) is 0 Å². The van der Waals surface area contributed by atoms with Gasteiger partial charge in [0.05, 0.1) is 5.56 Å². The van der Waals surface area contributed by atoms with Gasteiger partial charge in [-0.2, -0.15) is 0 Å². The number of fused-ring (bicyclic) bond motifs is 2. The molecule has 2 N–H and O–H groups in total. The van der Waals surface area contributed by atoms with Gasteiger partial charge in [0.2, 0.25) is 0 Å². The van der Waals surface area contributed by atoms with E-state index in [0.717, 1.165) is 29.8 Å². The van der Waals surface area contributed by atoms with Crippen molar-refractivity contribution < 1.29 is 9.18 Å². The Morgan fingerprint density at radius 2 is 2.00 bits per heavy atom. The smallest absolute Gasteiger partial charge is 0.258 e. The van der Waals surface area contributed by atoms with Gasteiger partial charge in [0.1, 0.15) is 5.82 Å². The second-order valence-electron chi connectivity index (χ2n) is 7.00. The number of benzene rings is 1. The number of nitrogen functional groups attached to an aromatic ring is 1. The molecule has 25 heavy (non-hydrogen) atoms. The summed E-state index contributed by atoms with van der Waals surface area (Å²) in [6.45, 7) is 1.97. The first kappa shape index (κ1) is 15.7. The summed E-state index contributed by atoms with van der Waals surface area (Å²) in [4.78, 5) is 22.5. The number of aromatic nitrogens is 1. The minimum atomic E-state index is -0.604. The maximum Gasteiger partial charge on any atom is 0.258 e. The molecule has 1 spiro atoms. The van der Waals surface area contributed by atoms with E-state index >= 15 is 4.39 Å². The Hall–Kier alpha value is -2.76. The first-order valence-corrected chi connectivity index (χ1v) is 8.21. The van der Waals surface area contributed by atoms with Crippen LogP contribution in [-0.2, 0) is 5.41 Å². The zero-order valence-corrected chi connectivity index (χ0v) is 14.4. The zero-order valence-electron chi connectivity index (χ0n) is 14.4. The van der Waals surface area contributed by atoms with Crippen LogP contribution < -0.4 is 5.73 Å². The summed E-state index contributed by atoms with van der Waals surface area (Å²) in [5, 5.41) is 0. The van der Waals surface area contributed by atoms with Gasteiger partial charge in [0.15, 0.2) is 5.82 Å². The van der Waals surface area contributed by atoms with Crippen LogP contribution in [0.4, 0.5) is 15.9 Å². The van der Waals surface area contributed by atoms with Gasteiger partial charge >= 0.3 is 0 Å². The fourth-order valence-corrected chi connectivity index (χ4v) is 3.56. The highest BCUT2D eigenvalue weighted by Gasteiger charge is 2.49. The first-order valence-electron chi connectivity index (χ1n) is 8.21. The fraction of sp³-hybridized carbons (Fsp3) is 0.316. The number of aliphatic imine (C=N–C) groups is 1. The molecule has 4 rings (SSSR count). The number of amides is 1. The van der Waals surface area contributed by atoms with Crippen molar-refractivity contribution >= 4 is 23.6 Å². The highest BCUT2D eigenvalue weighted by atomic mass is 19.1. The number of nitrogens with two attached hydrogens (primary N) is 1. The third-order valence-corrected chi connectivity index (χ3v) is 5.12. The Bertz CT molecular complexity index is 945. The molecule has 1 fully saturated rings. The van der Waals surface area contributed by atoms with E-state index in [1.165, 1.54) is 4.90 Å². The molecule has 0 radical (unpaired) electrons. The summed E-state index contributed by atoms with van der Waals surface area (Å²) >= 11 is 0. The van der Waals surface area contributed by atoms with E-state index in [1.807, 2.05) is 13.1 Å². The molecule has 1 amide bonds. The first-order chi connectivity index (χ1) is 11.9. The number of carbonyl (C=O) groups excluding carboxylic acids is 1. The number of anilines is 1. The van der Waals surface area contributed by atoms with Gasteiger partial charge in [0.25, 0.3) is 5.91 Å². The van der Waals surface area contributed by atoms with Crippen molar-refractivity contribution in [1.29, 1.82) is 0 Å². The zero-order chi connectivity index (χ0) is 17.9. The molecule has 128 valence electrons. The van der Waals surface area contributed by atoms with Gasteiger partial charge in [0, 0.05) is 54.3 Å². The molecule has 1 aromatic heterocycles. The fourth-order valence-electron chi connectivity index (χ4n) is 3.56. The van der Waals surface area contributed by atoms with Crippen LogP contribution in [0.2, 0.25) is 0 Å². The number of halogens is 1. The maximum absolute atomic E-state index is 15.2. The second kappa shape index (κ2) is 5.12. The van der Waals surface area contributed by atoms with Crippen LogP contribution in [0.1, 0.15) is 34.3 Å². The monoisotopic (exact) mass is 338 g/mol. The Labute approximate surface area is 145 Å². The molecule has 0 unspecified atom stereocenters. The van der Waals surface area contributed by atoms with Crippen LogP contribution in [-0.4, -0.2) is 36.1 Å². The van der Waals surface area contributed by atoms with Crippen molar-refractivity contribution in [3.63, 3.8) is 0 Å². The Balaban J connectivity index is 1.90. The lowest BCUT2D eigenvalue weighted by Crippen LogP contribution is -2.24. The molecular weight excluding hydrogens is 319 g/mol. The highest BCUT2D eigenvalue weighted by molar-refractivity contribution is 6.01. The Morgan fingerprint density at radius 3 is 2.64 bits per heavy atom. The van der Waals surface area contributed by atoms with E-state index in [9.17, 15) is 4.79 Å². The molecule has 6 heteroatoms. The van der Waals surface area contributed by atoms with Crippen molar-refractivity contribution in [2.45, 2.75) is 25.2 Å². The summed E-state index contributed by atoms with van der Waals surface area (Å²) < 4.78 is 15.2. The largest absolute Gasteiger partial charge is 0.398 e.